The Balaban J connectivity index is 2.25. The Bertz CT molecular complexity index is 490. The van der Waals surface area contributed by atoms with E-state index in [0.717, 1.165) is 30.5 Å². The number of nitrogens with two attached hydrogens (primary N) is 1. The molecule has 1 aromatic rings. The summed E-state index contributed by atoms with van der Waals surface area (Å²) in [4.78, 5) is 0. The minimum atomic E-state index is -0.224. The van der Waals surface area contributed by atoms with Gasteiger partial charge in [0.15, 0.2) is 0 Å². The number of hydrazine groups is 1. The number of aromatic nitrogens is 2. The van der Waals surface area contributed by atoms with Gasteiger partial charge in [0, 0.05) is 19.7 Å². The number of aryl methyl sites for hydroxylation is 2. The van der Waals surface area contributed by atoms with Crippen molar-refractivity contribution in [2.45, 2.75) is 57.6 Å². The van der Waals surface area contributed by atoms with Gasteiger partial charge >= 0.3 is 0 Å². The zero-order chi connectivity index (χ0) is 15.6. The van der Waals surface area contributed by atoms with E-state index in [2.05, 4.69) is 17.4 Å². The molecular formula is C15H27ClN4O. The van der Waals surface area contributed by atoms with E-state index in [4.69, 9.17) is 22.2 Å². The van der Waals surface area contributed by atoms with Gasteiger partial charge in [-0.05, 0) is 32.1 Å². The molecule has 3 N–H and O–H groups in total. The highest BCUT2D eigenvalue weighted by Crippen LogP contribution is 2.38. The molecule has 3 unspecified atom stereocenters. The number of rotatable bonds is 5. The molecule has 0 radical (unpaired) electrons. The van der Waals surface area contributed by atoms with Crippen LogP contribution in [0.15, 0.2) is 0 Å². The summed E-state index contributed by atoms with van der Waals surface area (Å²) in [5.74, 6) is 6.52. The van der Waals surface area contributed by atoms with E-state index in [0.29, 0.717) is 11.1 Å². The maximum absolute atomic E-state index is 6.36. The first-order valence-electron chi connectivity index (χ1n) is 7.62. The van der Waals surface area contributed by atoms with Gasteiger partial charge in [0.1, 0.15) is 5.15 Å². The third kappa shape index (κ3) is 3.26. The maximum Gasteiger partial charge on any atom is 0.130 e. The van der Waals surface area contributed by atoms with Gasteiger partial charge in [-0.25, -0.2) is 0 Å². The van der Waals surface area contributed by atoms with Gasteiger partial charge in [0.25, 0.3) is 0 Å². The van der Waals surface area contributed by atoms with Crippen LogP contribution in [0.3, 0.4) is 0 Å². The molecule has 1 aliphatic carbocycles. The molecule has 2 rings (SSSR count). The van der Waals surface area contributed by atoms with Gasteiger partial charge in [-0.3, -0.25) is 16.0 Å². The number of methoxy groups -OCH3 is 1. The zero-order valence-electron chi connectivity index (χ0n) is 13.4. The third-order valence-electron chi connectivity index (χ3n) is 4.91. The van der Waals surface area contributed by atoms with Crippen LogP contribution in [0.2, 0.25) is 5.15 Å². The number of hydrogen-bond acceptors (Lipinski definition) is 4. The van der Waals surface area contributed by atoms with Crippen LogP contribution in [0, 0.1) is 12.8 Å². The van der Waals surface area contributed by atoms with Crippen molar-refractivity contribution in [1.29, 1.82) is 0 Å². The predicted octanol–water partition coefficient (Wildman–Crippen LogP) is 2.35. The van der Waals surface area contributed by atoms with Gasteiger partial charge in [-0.2, -0.15) is 5.10 Å². The highest BCUT2D eigenvalue weighted by molar-refractivity contribution is 6.30. The average Bonchev–Trinajstić information content (AvgIpc) is 2.70. The largest absolute Gasteiger partial charge is 0.377 e. The Kier molecular flexibility index (Phi) is 5.30. The molecule has 1 heterocycles. The summed E-state index contributed by atoms with van der Waals surface area (Å²) in [6.45, 7) is 4.26. The average molecular weight is 315 g/mol. The Morgan fingerprint density at radius 1 is 1.62 bits per heavy atom. The number of ether oxygens (including phenoxy) is 1. The van der Waals surface area contributed by atoms with Crippen molar-refractivity contribution in [3.05, 3.63) is 16.4 Å². The molecule has 0 amide bonds. The summed E-state index contributed by atoms with van der Waals surface area (Å²) in [6.07, 6.45) is 5.21. The summed E-state index contributed by atoms with van der Waals surface area (Å²) >= 11 is 6.36. The normalized spacial score (nSPS) is 27.8. The minimum absolute atomic E-state index is 0.0330. The maximum atomic E-state index is 6.36. The summed E-state index contributed by atoms with van der Waals surface area (Å²) in [5, 5.41) is 5.07. The van der Waals surface area contributed by atoms with E-state index >= 15 is 0 Å². The standard InChI is InChI=1S/C15H27ClN4O/c1-10-6-5-7-15(9-10,21-4)13(18-17)8-12-11(2)19-20(3)14(12)16/h10,13,18H,5-9,17H2,1-4H3. The van der Waals surface area contributed by atoms with Crippen LogP contribution in [-0.2, 0) is 18.2 Å². The third-order valence-corrected chi connectivity index (χ3v) is 5.38. The van der Waals surface area contributed by atoms with Crippen molar-refractivity contribution in [2.75, 3.05) is 7.11 Å². The van der Waals surface area contributed by atoms with E-state index in [1.165, 1.54) is 12.8 Å². The molecule has 3 atom stereocenters. The van der Waals surface area contributed by atoms with Crippen LogP contribution >= 0.6 is 11.6 Å². The van der Waals surface area contributed by atoms with Crippen LogP contribution in [0.25, 0.3) is 0 Å². The second-order valence-corrected chi connectivity index (χ2v) is 6.73. The van der Waals surface area contributed by atoms with Crippen molar-refractivity contribution >= 4 is 11.6 Å². The van der Waals surface area contributed by atoms with Gasteiger partial charge < -0.3 is 4.74 Å². The van der Waals surface area contributed by atoms with Crippen LogP contribution < -0.4 is 11.3 Å². The molecule has 1 fully saturated rings. The van der Waals surface area contributed by atoms with Crippen molar-refractivity contribution in [3.63, 3.8) is 0 Å². The molecule has 0 saturated heterocycles. The lowest BCUT2D eigenvalue weighted by atomic mass is 9.73. The number of hydrogen-bond donors (Lipinski definition) is 2. The molecule has 0 aliphatic heterocycles. The van der Waals surface area contributed by atoms with E-state index in [9.17, 15) is 0 Å². The summed E-state index contributed by atoms with van der Waals surface area (Å²) < 4.78 is 7.66. The highest BCUT2D eigenvalue weighted by atomic mass is 35.5. The van der Waals surface area contributed by atoms with Crippen molar-refractivity contribution in [2.24, 2.45) is 18.8 Å². The van der Waals surface area contributed by atoms with Gasteiger partial charge in [0.2, 0.25) is 0 Å². The number of nitrogens with zero attached hydrogens (tertiary/aromatic N) is 2. The molecule has 0 aromatic carbocycles. The van der Waals surface area contributed by atoms with Crippen molar-refractivity contribution in [3.8, 4) is 0 Å². The molecule has 1 aromatic heterocycles. The number of halogens is 1. The molecule has 21 heavy (non-hydrogen) atoms. The topological polar surface area (TPSA) is 65.1 Å². The molecule has 6 heteroatoms. The molecule has 1 aliphatic rings. The predicted molar refractivity (Wildman–Crippen MR) is 85.1 cm³/mol. The SMILES string of the molecule is COC1(C(Cc2c(C)nn(C)c2Cl)NN)CCCC(C)C1. The van der Waals surface area contributed by atoms with Gasteiger partial charge in [0.05, 0.1) is 17.3 Å². The quantitative estimate of drug-likeness (QED) is 0.647. The van der Waals surface area contributed by atoms with Crippen molar-refractivity contribution in [1.82, 2.24) is 15.2 Å². The molecule has 120 valence electrons. The fourth-order valence-electron chi connectivity index (χ4n) is 3.69. The zero-order valence-corrected chi connectivity index (χ0v) is 14.2. The Hall–Kier alpha value is -0.620. The van der Waals surface area contributed by atoms with Crippen LogP contribution in [0.5, 0.6) is 0 Å². The Morgan fingerprint density at radius 3 is 2.81 bits per heavy atom. The second kappa shape index (κ2) is 6.65. The lowest BCUT2D eigenvalue weighted by Crippen LogP contribution is -2.57. The minimum Gasteiger partial charge on any atom is -0.377 e. The fraction of sp³-hybridized carbons (Fsp3) is 0.800. The first kappa shape index (κ1) is 16.7. The molecule has 0 spiro atoms. The summed E-state index contributed by atoms with van der Waals surface area (Å²) in [7, 11) is 3.65. The van der Waals surface area contributed by atoms with E-state index in [1.807, 2.05) is 14.0 Å². The van der Waals surface area contributed by atoms with Crippen molar-refractivity contribution < 1.29 is 4.74 Å². The first-order chi connectivity index (χ1) is 9.93. The Morgan fingerprint density at radius 2 is 2.33 bits per heavy atom. The molecule has 0 bridgehead atoms. The second-order valence-electron chi connectivity index (χ2n) is 6.37. The lowest BCUT2D eigenvalue weighted by Gasteiger charge is -2.44. The van der Waals surface area contributed by atoms with Gasteiger partial charge in [-0.1, -0.05) is 31.4 Å². The van der Waals surface area contributed by atoms with E-state index in [1.54, 1.807) is 11.8 Å². The summed E-state index contributed by atoms with van der Waals surface area (Å²) in [6, 6.07) is 0.0330. The smallest absolute Gasteiger partial charge is 0.130 e. The van der Waals surface area contributed by atoms with Crippen LogP contribution in [-0.4, -0.2) is 28.5 Å². The highest BCUT2D eigenvalue weighted by Gasteiger charge is 2.42. The van der Waals surface area contributed by atoms with Crippen LogP contribution in [0.4, 0.5) is 0 Å². The van der Waals surface area contributed by atoms with Gasteiger partial charge in [-0.15, -0.1) is 0 Å². The monoisotopic (exact) mass is 314 g/mol. The molecular weight excluding hydrogens is 288 g/mol. The van der Waals surface area contributed by atoms with E-state index in [-0.39, 0.29) is 11.6 Å². The molecule has 1 saturated carbocycles. The number of nitrogens with one attached hydrogen (secondary N) is 1. The lowest BCUT2D eigenvalue weighted by molar-refractivity contribution is -0.0791. The fourth-order valence-corrected chi connectivity index (χ4v) is 3.95. The first-order valence-corrected chi connectivity index (χ1v) is 8.00. The van der Waals surface area contributed by atoms with E-state index < -0.39 is 0 Å². The molecule has 5 nitrogen and oxygen atoms in total. The Labute approximate surface area is 132 Å². The van der Waals surface area contributed by atoms with Crippen LogP contribution in [0.1, 0.15) is 43.9 Å². The summed E-state index contributed by atoms with van der Waals surface area (Å²) in [5.41, 5.74) is 4.76.